The number of likely N-dealkylation sites (N-methyl/N-ethyl adjacent to an activating group) is 1. The van der Waals surface area contributed by atoms with Crippen LogP contribution in [0.4, 0.5) is 0 Å². The molecule has 6 heteroatoms. The standard InChI is InChI=1S/C20H21N3O3/c1-14-6-8-16(9-7-14)17-11-19(24)23(21-12-17)13-20(25)22(3)15(2)18-5-4-10-26-18/h4-12,15H,13H2,1-3H3. The summed E-state index contributed by atoms with van der Waals surface area (Å²) < 4.78 is 6.51. The van der Waals surface area contributed by atoms with Gasteiger partial charge in [0.25, 0.3) is 5.56 Å². The summed E-state index contributed by atoms with van der Waals surface area (Å²) in [7, 11) is 1.68. The summed E-state index contributed by atoms with van der Waals surface area (Å²) in [6, 6.07) is 12.7. The third-order valence-electron chi connectivity index (χ3n) is 4.47. The highest BCUT2D eigenvalue weighted by atomic mass is 16.3. The van der Waals surface area contributed by atoms with E-state index in [4.69, 9.17) is 4.42 Å². The van der Waals surface area contributed by atoms with E-state index in [-0.39, 0.29) is 24.1 Å². The Morgan fingerprint density at radius 1 is 1.23 bits per heavy atom. The Morgan fingerprint density at radius 2 is 1.96 bits per heavy atom. The van der Waals surface area contributed by atoms with Gasteiger partial charge in [0, 0.05) is 18.7 Å². The average Bonchev–Trinajstić information content (AvgIpc) is 3.17. The van der Waals surface area contributed by atoms with Crippen molar-refractivity contribution in [2.45, 2.75) is 26.4 Å². The molecule has 0 aliphatic carbocycles. The summed E-state index contributed by atoms with van der Waals surface area (Å²) >= 11 is 0. The number of hydrogen-bond donors (Lipinski definition) is 0. The highest BCUT2D eigenvalue weighted by molar-refractivity contribution is 5.76. The van der Waals surface area contributed by atoms with Crippen molar-refractivity contribution in [1.29, 1.82) is 0 Å². The number of carbonyl (C=O) groups excluding carboxylic acids is 1. The molecular formula is C20H21N3O3. The molecule has 3 aromatic rings. The molecule has 0 N–H and O–H groups in total. The van der Waals surface area contributed by atoms with Crippen LogP contribution in [-0.2, 0) is 11.3 Å². The molecule has 0 spiro atoms. The van der Waals surface area contributed by atoms with Crippen molar-refractivity contribution in [3.8, 4) is 11.1 Å². The number of nitrogens with zero attached hydrogens (tertiary/aromatic N) is 3. The highest BCUT2D eigenvalue weighted by Crippen LogP contribution is 2.19. The van der Waals surface area contributed by atoms with Gasteiger partial charge in [0.1, 0.15) is 12.3 Å². The molecule has 2 aromatic heterocycles. The Bertz CT molecular complexity index is 943. The van der Waals surface area contributed by atoms with Gasteiger partial charge >= 0.3 is 0 Å². The lowest BCUT2D eigenvalue weighted by Crippen LogP contribution is -2.36. The Balaban J connectivity index is 1.74. The Labute approximate surface area is 151 Å². The molecule has 1 atom stereocenters. The molecule has 3 rings (SSSR count). The minimum Gasteiger partial charge on any atom is -0.467 e. The van der Waals surface area contributed by atoms with Crippen LogP contribution < -0.4 is 5.56 Å². The average molecular weight is 351 g/mol. The van der Waals surface area contributed by atoms with E-state index in [9.17, 15) is 9.59 Å². The van der Waals surface area contributed by atoms with E-state index in [2.05, 4.69) is 5.10 Å². The number of hydrogen-bond acceptors (Lipinski definition) is 4. The summed E-state index contributed by atoms with van der Waals surface area (Å²) in [5, 5.41) is 4.15. The predicted octanol–water partition coefficient (Wildman–Crippen LogP) is 3.03. The third-order valence-corrected chi connectivity index (χ3v) is 4.47. The zero-order valence-electron chi connectivity index (χ0n) is 15.0. The van der Waals surface area contributed by atoms with Gasteiger partial charge in [-0.3, -0.25) is 9.59 Å². The van der Waals surface area contributed by atoms with Gasteiger partial charge in [0.05, 0.1) is 18.5 Å². The SMILES string of the molecule is Cc1ccc(-c2cnn(CC(=O)N(C)C(C)c3ccco3)c(=O)c2)cc1. The minimum absolute atomic E-state index is 0.117. The van der Waals surface area contributed by atoms with E-state index < -0.39 is 0 Å². The van der Waals surface area contributed by atoms with Gasteiger partial charge in [-0.2, -0.15) is 5.10 Å². The van der Waals surface area contributed by atoms with Crippen LogP contribution in [0.25, 0.3) is 11.1 Å². The quantitative estimate of drug-likeness (QED) is 0.708. The first-order valence-corrected chi connectivity index (χ1v) is 8.39. The van der Waals surface area contributed by atoms with Crippen molar-refractivity contribution in [3.05, 3.63) is 76.6 Å². The monoisotopic (exact) mass is 351 g/mol. The molecule has 1 amide bonds. The minimum atomic E-state index is -0.310. The van der Waals surface area contributed by atoms with E-state index in [1.165, 1.54) is 10.7 Å². The maximum absolute atomic E-state index is 12.5. The van der Waals surface area contributed by atoms with E-state index in [1.54, 1.807) is 30.5 Å². The van der Waals surface area contributed by atoms with Crippen LogP contribution in [0.2, 0.25) is 0 Å². The van der Waals surface area contributed by atoms with E-state index >= 15 is 0 Å². The molecule has 1 unspecified atom stereocenters. The van der Waals surface area contributed by atoms with Gasteiger partial charge in [0.15, 0.2) is 0 Å². The number of carbonyl (C=O) groups is 1. The van der Waals surface area contributed by atoms with Gasteiger partial charge in [-0.25, -0.2) is 4.68 Å². The zero-order valence-corrected chi connectivity index (χ0v) is 15.0. The number of amides is 1. The first-order chi connectivity index (χ1) is 12.5. The molecule has 0 aliphatic heterocycles. The lowest BCUT2D eigenvalue weighted by molar-refractivity contribution is -0.133. The molecule has 6 nitrogen and oxygen atoms in total. The molecule has 0 saturated carbocycles. The van der Waals surface area contributed by atoms with Crippen molar-refractivity contribution in [2.75, 3.05) is 7.05 Å². The molecule has 0 fully saturated rings. The summed E-state index contributed by atoms with van der Waals surface area (Å²) in [5.41, 5.74) is 2.49. The Morgan fingerprint density at radius 3 is 2.58 bits per heavy atom. The van der Waals surface area contributed by atoms with E-state index in [0.717, 1.165) is 16.7 Å². The van der Waals surface area contributed by atoms with Gasteiger partial charge in [-0.15, -0.1) is 0 Å². The molecule has 0 saturated heterocycles. The second-order valence-corrected chi connectivity index (χ2v) is 6.30. The molecular weight excluding hydrogens is 330 g/mol. The molecule has 2 heterocycles. The van der Waals surface area contributed by atoms with Crippen LogP contribution in [0, 0.1) is 6.92 Å². The first kappa shape index (κ1) is 17.7. The van der Waals surface area contributed by atoms with Crippen molar-refractivity contribution in [2.24, 2.45) is 0 Å². The lowest BCUT2D eigenvalue weighted by Gasteiger charge is -2.23. The smallest absolute Gasteiger partial charge is 0.267 e. The Hall–Kier alpha value is -3.15. The normalized spacial score (nSPS) is 12.0. The topological polar surface area (TPSA) is 68.3 Å². The number of aromatic nitrogens is 2. The van der Waals surface area contributed by atoms with Crippen molar-refractivity contribution in [1.82, 2.24) is 14.7 Å². The number of aryl methyl sites for hydroxylation is 1. The fourth-order valence-corrected chi connectivity index (χ4v) is 2.63. The van der Waals surface area contributed by atoms with Gasteiger partial charge in [-0.05, 0) is 31.5 Å². The summed E-state index contributed by atoms with van der Waals surface area (Å²) in [6.07, 6.45) is 3.18. The van der Waals surface area contributed by atoms with Gasteiger partial charge in [0.2, 0.25) is 5.91 Å². The van der Waals surface area contributed by atoms with Crippen LogP contribution in [0.3, 0.4) is 0 Å². The largest absolute Gasteiger partial charge is 0.467 e. The second-order valence-electron chi connectivity index (χ2n) is 6.30. The fraction of sp³-hybridized carbons (Fsp3) is 0.250. The Kier molecular flexibility index (Phi) is 5.02. The molecule has 0 bridgehead atoms. The highest BCUT2D eigenvalue weighted by Gasteiger charge is 2.20. The van der Waals surface area contributed by atoms with Crippen LogP contribution in [0.15, 0.2) is 64.1 Å². The first-order valence-electron chi connectivity index (χ1n) is 8.39. The van der Waals surface area contributed by atoms with Crippen LogP contribution in [0.5, 0.6) is 0 Å². The summed E-state index contributed by atoms with van der Waals surface area (Å²) in [6.45, 7) is 3.76. The van der Waals surface area contributed by atoms with E-state index in [0.29, 0.717) is 5.76 Å². The molecule has 134 valence electrons. The predicted molar refractivity (Wildman–Crippen MR) is 98.6 cm³/mol. The van der Waals surface area contributed by atoms with E-state index in [1.807, 2.05) is 44.2 Å². The van der Waals surface area contributed by atoms with Crippen LogP contribution >= 0.6 is 0 Å². The maximum Gasteiger partial charge on any atom is 0.267 e. The maximum atomic E-state index is 12.5. The van der Waals surface area contributed by atoms with Crippen molar-refractivity contribution >= 4 is 5.91 Å². The summed E-state index contributed by atoms with van der Waals surface area (Å²) in [5.74, 6) is 0.475. The molecule has 1 aromatic carbocycles. The van der Waals surface area contributed by atoms with Crippen LogP contribution in [-0.4, -0.2) is 27.6 Å². The van der Waals surface area contributed by atoms with Crippen LogP contribution in [0.1, 0.15) is 24.3 Å². The lowest BCUT2D eigenvalue weighted by atomic mass is 10.1. The molecule has 26 heavy (non-hydrogen) atoms. The number of benzene rings is 1. The van der Waals surface area contributed by atoms with Gasteiger partial charge < -0.3 is 9.32 Å². The second kappa shape index (κ2) is 7.39. The number of rotatable bonds is 5. The fourth-order valence-electron chi connectivity index (χ4n) is 2.63. The summed E-state index contributed by atoms with van der Waals surface area (Å²) in [4.78, 5) is 26.4. The molecule has 0 aliphatic rings. The van der Waals surface area contributed by atoms with Crippen molar-refractivity contribution in [3.63, 3.8) is 0 Å². The number of furan rings is 1. The third kappa shape index (κ3) is 3.74. The zero-order chi connectivity index (χ0) is 18.7. The van der Waals surface area contributed by atoms with Gasteiger partial charge in [-0.1, -0.05) is 29.8 Å². The molecule has 0 radical (unpaired) electrons. The van der Waals surface area contributed by atoms with Crippen molar-refractivity contribution < 1.29 is 9.21 Å².